The van der Waals surface area contributed by atoms with Crippen LogP contribution in [0.5, 0.6) is 5.75 Å². The van der Waals surface area contributed by atoms with Gasteiger partial charge in [0.05, 0.1) is 12.6 Å². The number of nitrogens with one attached hydrogen (secondary N) is 1. The van der Waals surface area contributed by atoms with Crippen molar-refractivity contribution in [3.05, 3.63) is 64.6 Å². The number of rotatable bonds is 7. The number of likely N-dealkylation sites (N-methyl/N-ethyl adjacent to an activating group) is 1. The van der Waals surface area contributed by atoms with E-state index in [1.165, 1.54) is 5.56 Å². The summed E-state index contributed by atoms with van der Waals surface area (Å²) in [5, 5.41) is 3.47. The van der Waals surface area contributed by atoms with E-state index in [1.807, 2.05) is 36.0 Å². The molecule has 21 heavy (non-hydrogen) atoms. The van der Waals surface area contributed by atoms with Crippen LogP contribution in [-0.4, -0.2) is 17.7 Å². The molecule has 0 aliphatic rings. The van der Waals surface area contributed by atoms with Crippen molar-refractivity contribution < 1.29 is 4.74 Å². The van der Waals surface area contributed by atoms with E-state index in [9.17, 15) is 4.79 Å². The van der Waals surface area contributed by atoms with Crippen LogP contribution in [0.15, 0.2) is 53.6 Å². The molecule has 0 radical (unpaired) electrons. The molecule has 1 unspecified atom stereocenters. The fraction of sp³-hybridized carbons (Fsp3) is 0.353. The molecule has 112 valence electrons. The molecule has 1 N–H and O–H groups in total. The largest absolute Gasteiger partial charge is 0.494 e. The summed E-state index contributed by atoms with van der Waals surface area (Å²) in [5.41, 5.74) is 1.24. The topological polar surface area (TPSA) is 43.3 Å². The predicted octanol–water partition coefficient (Wildman–Crippen LogP) is 2.60. The summed E-state index contributed by atoms with van der Waals surface area (Å²) in [6.07, 6.45) is 3.64. The zero-order valence-corrected chi connectivity index (χ0v) is 12.6. The van der Waals surface area contributed by atoms with Gasteiger partial charge in [-0.2, -0.15) is 0 Å². The maximum absolute atomic E-state index is 11.2. The number of benzene rings is 1. The average Bonchev–Trinajstić information content (AvgIpc) is 2.50. The van der Waals surface area contributed by atoms with Crippen LogP contribution in [0.4, 0.5) is 0 Å². The second-order valence-electron chi connectivity index (χ2n) is 4.84. The molecule has 0 saturated heterocycles. The zero-order valence-electron chi connectivity index (χ0n) is 12.6. The van der Waals surface area contributed by atoms with Crippen molar-refractivity contribution in [3.8, 4) is 5.75 Å². The standard InChI is InChI=1S/C17H22N2O2/c1-3-18-17(13-19-11-9-15(20)10-12-19)14-5-7-16(8-6-14)21-4-2/h5-12,17-18H,3-4,13H2,1-2H3. The van der Waals surface area contributed by atoms with Crippen molar-refractivity contribution in [2.24, 2.45) is 0 Å². The fourth-order valence-corrected chi connectivity index (χ4v) is 2.27. The SMILES string of the molecule is CCNC(Cn1ccc(=O)cc1)c1ccc(OCC)cc1. The first-order chi connectivity index (χ1) is 10.2. The lowest BCUT2D eigenvalue weighted by atomic mass is 10.1. The van der Waals surface area contributed by atoms with Gasteiger partial charge in [0.2, 0.25) is 0 Å². The van der Waals surface area contributed by atoms with Crippen molar-refractivity contribution >= 4 is 0 Å². The van der Waals surface area contributed by atoms with E-state index in [1.54, 1.807) is 12.1 Å². The lowest BCUT2D eigenvalue weighted by Gasteiger charge is -2.20. The van der Waals surface area contributed by atoms with Gasteiger partial charge in [0, 0.05) is 31.1 Å². The summed E-state index contributed by atoms with van der Waals surface area (Å²) in [6, 6.07) is 11.5. The Morgan fingerprint density at radius 2 is 1.76 bits per heavy atom. The lowest BCUT2D eigenvalue weighted by molar-refractivity contribution is 0.340. The normalized spacial score (nSPS) is 12.1. The molecule has 0 aliphatic heterocycles. The first kappa shape index (κ1) is 15.3. The Balaban J connectivity index is 2.13. The molecule has 2 aromatic rings. The number of hydrogen-bond acceptors (Lipinski definition) is 3. The first-order valence-electron chi connectivity index (χ1n) is 7.35. The quantitative estimate of drug-likeness (QED) is 0.851. The highest BCUT2D eigenvalue weighted by molar-refractivity contribution is 5.29. The molecule has 4 nitrogen and oxygen atoms in total. The molecular formula is C17H22N2O2. The summed E-state index contributed by atoms with van der Waals surface area (Å²) in [7, 11) is 0. The Kier molecular flexibility index (Phi) is 5.58. The summed E-state index contributed by atoms with van der Waals surface area (Å²) in [6.45, 7) is 6.41. The molecule has 0 aliphatic carbocycles. The van der Waals surface area contributed by atoms with Gasteiger partial charge in [-0.1, -0.05) is 19.1 Å². The molecule has 0 bridgehead atoms. The van der Waals surface area contributed by atoms with Crippen molar-refractivity contribution in [2.45, 2.75) is 26.4 Å². The fourth-order valence-electron chi connectivity index (χ4n) is 2.27. The van der Waals surface area contributed by atoms with E-state index >= 15 is 0 Å². The smallest absolute Gasteiger partial charge is 0.181 e. The third-order valence-corrected chi connectivity index (χ3v) is 3.30. The highest BCUT2D eigenvalue weighted by Gasteiger charge is 2.10. The third kappa shape index (κ3) is 4.46. The second kappa shape index (κ2) is 7.64. The van der Waals surface area contributed by atoms with Gasteiger partial charge in [-0.25, -0.2) is 0 Å². The van der Waals surface area contributed by atoms with Crippen LogP contribution in [0.1, 0.15) is 25.5 Å². The van der Waals surface area contributed by atoms with Gasteiger partial charge < -0.3 is 14.6 Å². The van der Waals surface area contributed by atoms with Crippen LogP contribution in [0, 0.1) is 0 Å². The van der Waals surface area contributed by atoms with Crippen molar-refractivity contribution in [2.75, 3.05) is 13.2 Å². The van der Waals surface area contributed by atoms with Gasteiger partial charge in [0.1, 0.15) is 5.75 Å². The zero-order chi connectivity index (χ0) is 15.1. The molecule has 1 atom stereocenters. The Bertz CT molecular complexity index is 584. The highest BCUT2D eigenvalue weighted by atomic mass is 16.5. The Hall–Kier alpha value is -2.07. The molecular weight excluding hydrogens is 264 g/mol. The van der Waals surface area contributed by atoms with E-state index in [2.05, 4.69) is 24.4 Å². The molecule has 4 heteroatoms. The molecule has 0 amide bonds. The Labute approximate surface area is 125 Å². The van der Waals surface area contributed by atoms with Crippen LogP contribution in [-0.2, 0) is 6.54 Å². The van der Waals surface area contributed by atoms with E-state index in [0.29, 0.717) is 6.61 Å². The Morgan fingerprint density at radius 3 is 2.33 bits per heavy atom. The van der Waals surface area contributed by atoms with Crippen LogP contribution in [0.2, 0.25) is 0 Å². The van der Waals surface area contributed by atoms with Gasteiger partial charge in [0.15, 0.2) is 5.43 Å². The van der Waals surface area contributed by atoms with E-state index in [4.69, 9.17) is 4.74 Å². The molecule has 2 rings (SSSR count). The summed E-state index contributed by atoms with van der Waals surface area (Å²) >= 11 is 0. The minimum Gasteiger partial charge on any atom is -0.494 e. The molecule has 1 heterocycles. The summed E-state index contributed by atoms with van der Waals surface area (Å²) < 4.78 is 7.49. The summed E-state index contributed by atoms with van der Waals surface area (Å²) in [5.74, 6) is 0.889. The molecule has 1 aromatic heterocycles. The third-order valence-electron chi connectivity index (χ3n) is 3.30. The monoisotopic (exact) mass is 286 g/mol. The van der Waals surface area contributed by atoms with E-state index < -0.39 is 0 Å². The number of ether oxygens (including phenoxy) is 1. The predicted molar refractivity (Wildman–Crippen MR) is 84.7 cm³/mol. The van der Waals surface area contributed by atoms with Crippen molar-refractivity contribution in [1.82, 2.24) is 9.88 Å². The van der Waals surface area contributed by atoms with Gasteiger partial charge in [0.25, 0.3) is 0 Å². The molecule has 1 aromatic carbocycles. The minimum absolute atomic E-state index is 0.0346. The Morgan fingerprint density at radius 1 is 1.10 bits per heavy atom. The van der Waals surface area contributed by atoms with Crippen LogP contribution >= 0.6 is 0 Å². The first-order valence-corrected chi connectivity index (χ1v) is 7.35. The van der Waals surface area contributed by atoms with E-state index in [0.717, 1.165) is 18.8 Å². The van der Waals surface area contributed by atoms with Gasteiger partial charge in [-0.3, -0.25) is 4.79 Å². The van der Waals surface area contributed by atoms with Crippen molar-refractivity contribution in [1.29, 1.82) is 0 Å². The van der Waals surface area contributed by atoms with Gasteiger partial charge in [-0.05, 0) is 31.2 Å². The maximum Gasteiger partial charge on any atom is 0.181 e. The number of pyridine rings is 1. The number of nitrogens with zero attached hydrogens (tertiary/aromatic N) is 1. The molecule has 0 saturated carbocycles. The van der Waals surface area contributed by atoms with Crippen LogP contribution < -0.4 is 15.5 Å². The summed E-state index contributed by atoms with van der Waals surface area (Å²) in [4.78, 5) is 11.2. The number of aromatic nitrogens is 1. The minimum atomic E-state index is 0.0346. The van der Waals surface area contributed by atoms with E-state index in [-0.39, 0.29) is 11.5 Å². The number of hydrogen-bond donors (Lipinski definition) is 1. The second-order valence-corrected chi connectivity index (χ2v) is 4.84. The molecule has 0 spiro atoms. The average molecular weight is 286 g/mol. The highest BCUT2D eigenvalue weighted by Crippen LogP contribution is 2.19. The van der Waals surface area contributed by atoms with Crippen molar-refractivity contribution in [3.63, 3.8) is 0 Å². The van der Waals surface area contributed by atoms with Gasteiger partial charge in [-0.15, -0.1) is 0 Å². The molecule has 0 fully saturated rings. The van der Waals surface area contributed by atoms with Gasteiger partial charge >= 0.3 is 0 Å². The van der Waals surface area contributed by atoms with Crippen LogP contribution in [0.3, 0.4) is 0 Å². The maximum atomic E-state index is 11.2. The lowest BCUT2D eigenvalue weighted by Crippen LogP contribution is -2.25. The van der Waals surface area contributed by atoms with Crippen LogP contribution in [0.25, 0.3) is 0 Å².